The SMILES string of the molecule is CC1CNCCN(CCCO)C1=O. The zero-order chi connectivity index (χ0) is 9.68. The maximum absolute atomic E-state index is 11.7. The summed E-state index contributed by atoms with van der Waals surface area (Å²) in [6, 6.07) is 0. The highest BCUT2D eigenvalue weighted by atomic mass is 16.3. The smallest absolute Gasteiger partial charge is 0.226 e. The van der Waals surface area contributed by atoms with E-state index in [1.54, 1.807) is 0 Å². The predicted octanol–water partition coefficient (Wildman–Crippen LogP) is -0.563. The van der Waals surface area contributed by atoms with E-state index in [-0.39, 0.29) is 18.4 Å². The Kier molecular flexibility index (Phi) is 4.18. The van der Waals surface area contributed by atoms with Crippen molar-refractivity contribution >= 4 is 5.91 Å². The summed E-state index contributed by atoms with van der Waals surface area (Å²) >= 11 is 0. The molecule has 1 amide bonds. The van der Waals surface area contributed by atoms with Gasteiger partial charge in [-0.2, -0.15) is 0 Å². The van der Waals surface area contributed by atoms with Crippen molar-refractivity contribution in [3.63, 3.8) is 0 Å². The molecule has 1 aliphatic rings. The summed E-state index contributed by atoms with van der Waals surface area (Å²) in [7, 11) is 0. The fraction of sp³-hybridized carbons (Fsp3) is 0.889. The van der Waals surface area contributed by atoms with Crippen LogP contribution in [0.25, 0.3) is 0 Å². The molecule has 0 aromatic carbocycles. The quantitative estimate of drug-likeness (QED) is 0.621. The van der Waals surface area contributed by atoms with Crippen LogP contribution in [-0.2, 0) is 4.79 Å². The normalized spacial score (nSPS) is 24.6. The van der Waals surface area contributed by atoms with E-state index in [9.17, 15) is 4.79 Å². The van der Waals surface area contributed by atoms with Crippen molar-refractivity contribution < 1.29 is 9.90 Å². The molecule has 2 N–H and O–H groups in total. The number of aliphatic hydroxyl groups excluding tert-OH is 1. The first-order chi connectivity index (χ1) is 6.25. The van der Waals surface area contributed by atoms with Crippen LogP contribution in [0.15, 0.2) is 0 Å². The van der Waals surface area contributed by atoms with Gasteiger partial charge in [-0.15, -0.1) is 0 Å². The lowest BCUT2D eigenvalue weighted by Gasteiger charge is -2.21. The lowest BCUT2D eigenvalue weighted by Crippen LogP contribution is -2.36. The first-order valence-corrected chi connectivity index (χ1v) is 4.86. The van der Waals surface area contributed by atoms with Crippen LogP contribution in [0.4, 0.5) is 0 Å². The minimum Gasteiger partial charge on any atom is -0.396 e. The molecule has 1 atom stereocenters. The minimum absolute atomic E-state index is 0.0705. The molecule has 0 bridgehead atoms. The highest BCUT2D eigenvalue weighted by Crippen LogP contribution is 2.05. The summed E-state index contributed by atoms with van der Waals surface area (Å²) in [5.41, 5.74) is 0. The maximum atomic E-state index is 11.7. The largest absolute Gasteiger partial charge is 0.396 e. The van der Waals surface area contributed by atoms with E-state index in [0.29, 0.717) is 13.0 Å². The zero-order valence-corrected chi connectivity index (χ0v) is 8.12. The molecule has 1 fully saturated rings. The van der Waals surface area contributed by atoms with Gasteiger partial charge in [0.1, 0.15) is 0 Å². The Morgan fingerprint density at radius 3 is 3.15 bits per heavy atom. The molecular weight excluding hydrogens is 168 g/mol. The number of carbonyl (C=O) groups is 1. The summed E-state index contributed by atoms with van der Waals surface area (Å²) < 4.78 is 0. The number of carbonyl (C=O) groups excluding carboxylic acids is 1. The summed E-state index contributed by atoms with van der Waals surface area (Å²) in [5.74, 6) is 0.277. The van der Waals surface area contributed by atoms with E-state index in [2.05, 4.69) is 5.32 Å². The van der Waals surface area contributed by atoms with E-state index < -0.39 is 0 Å². The summed E-state index contributed by atoms with van der Waals surface area (Å²) in [6.45, 7) is 5.18. The van der Waals surface area contributed by atoms with Crippen LogP contribution < -0.4 is 5.32 Å². The van der Waals surface area contributed by atoms with E-state index in [0.717, 1.165) is 19.6 Å². The fourth-order valence-corrected chi connectivity index (χ4v) is 1.53. The van der Waals surface area contributed by atoms with Crippen LogP contribution in [0.1, 0.15) is 13.3 Å². The van der Waals surface area contributed by atoms with Crippen LogP contribution >= 0.6 is 0 Å². The Balaban J connectivity index is 2.44. The summed E-state index contributed by atoms with van der Waals surface area (Å²) in [6.07, 6.45) is 0.679. The van der Waals surface area contributed by atoms with Crippen molar-refractivity contribution in [1.29, 1.82) is 0 Å². The van der Waals surface area contributed by atoms with Gasteiger partial charge in [0.15, 0.2) is 0 Å². The summed E-state index contributed by atoms with van der Waals surface area (Å²) in [5, 5.41) is 11.9. The third-order valence-electron chi connectivity index (χ3n) is 2.33. The monoisotopic (exact) mass is 186 g/mol. The predicted molar refractivity (Wildman–Crippen MR) is 50.3 cm³/mol. The van der Waals surface area contributed by atoms with Gasteiger partial charge < -0.3 is 15.3 Å². The molecule has 0 saturated carbocycles. The van der Waals surface area contributed by atoms with E-state index in [1.807, 2.05) is 11.8 Å². The molecule has 0 aliphatic carbocycles. The minimum atomic E-state index is 0.0705. The Bertz CT molecular complexity index is 173. The number of hydrogen-bond donors (Lipinski definition) is 2. The van der Waals surface area contributed by atoms with Gasteiger partial charge in [-0.3, -0.25) is 4.79 Å². The van der Waals surface area contributed by atoms with Crippen LogP contribution in [0, 0.1) is 5.92 Å². The van der Waals surface area contributed by atoms with Gasteiger partial charge in [-0.1, -0.05) is 6.92 Å². The zero-order valence-electron chi connectivity index (χ0n) is 8.12. The fourth-order valence-electron chi connectivity index (χ4n) is 1.53. The van der Waals surface area contributed by atoms with Gasteiger partial charge in [0.25, 0.3) is 0 Å². The molecule has 0 aromatic heterocycles. The number of nitrogens with one attached hydrogen (secondary N) is 1. The Morgan fingerprint density at radius 2 is 2.46 bits per heavy atom. The molecule has 1 saturated heterocycles. The molecule has 76 valence electrons. The second kappa shape index (κ2) is 5.19. The van der Waals surface area contributed by atoms with Gasteiger partial charge in [-0.05, 0) is 6.42 Å². The van der Waals surface area contributed by atoms with Crippen LogP contribution in [0.5, 0.6) is 0 Å². The Hall–Kier alpha value is -0.610. The third kappa shape index (κ3) is 2.97. The van der Waals surface area contributed by atoms with Crippen molar-refractivity contribution in [2.75, 3.05) is 32.8 Å². The van der Waals surface area contributed by atoms with E-state index in [1.165, 1.54) is 0 Å². The van der Waals surface area contributed by atoms with Crippen molar-refractivity contribution in [3.05, 3.63) is 0 Å². The van der Waals surface area contributed by atoms with Crippen molar-refractivity contribution in [1.82, 2.24) is 10.2 Å². The van der Waals surface area contributed by atoms with Gasteiger partial charge in [0.05, 0.1) is 0 Å². The standard InChI is InChI=1S/C9H18N2O2/c1-8-7-10-3-5-11(9(8)13)4-2-6-12/h8,10,12H,2-7H2,1H3. The molecule has 1 unspecified atom stereocenters. The van der Waals surface area contributed by atoms with Gasteiger partial charge in [0, 0.05) is 38.7 Å². The van der Waals surface area contributed by atoms with Gasteiger partial charge in [0.2, 0.25) is 5.91 Å². The molecule has 13 heavy (non-hydrogen) atoms. The first kappa shape index (κ1) is 10.5. The van der Waals surface area contributed by atoms with Crippen LogP contribution in [0.3, 0.4) is 0 Å². The third-order valence-corrected chi connectivity index (χ3v) is 2.33. The number of rotatable bonds is 3. The Labute approximate surface area is 78.9 Å². The average molecular weight is 186 g/mol. The Morgan fingerprint density at radius 1 is 1.69 bits per heavy atom. The van der Waals surface area contributed by atoms with Crippen LogP contribution in [0.2, 0.25) is 0 Å². The van der Waals surface area contributed by atoms with Gasteiger partial charge in [-0.25, -0.2) is 0 Å². The highest BCUT2D eigenvalue weighted by Gasteiger charge is 2.22. The molecule has 1 rings (SSSR count). The topological polar surface area (TPSA) is 52.6 Å². The van der Waals surface area contributed by atoms with Crippen LogP contribution in [-0.4, -0.2) is 48.7 Å². The number of aliphatic hydroxyl groups is 1. The van der Waals surface area contributed by atoms with Crippen molar-refractivity contribution in [2.24, 2.45) is 5.92 Å². The molecule has 0 spiro atoms. The lowest BCUT2D eigenvalue weighted by atomic mass is 10.1. The summed E-state index contributed by atoms with van der Waals surface area (Å²) in [4.78, 5) is 13.5. The second-order valence-electron chi connectivity index (χ2n) is 3.51. The highest BCUT2D eigenvalue weighted by molar-refractivity contribution is 5.79. The average Bonchev–Trinajstić information content (AvgIpc) is 2.28. The number of hydrogen-bond acceptors (Lipinski definition) is 3. The van der Waals surface area contributed by atoms with Gasteiger partial charge >= 0.3 is 0 Å². The second-order valence-corrected chi connectivity index (χ2v) is 3.51. The number of nitrogens with zero attached hydrogens (tertiary/aromatic N) is 1. The molecule has 4 heteroatoms. The van der Waals surface area contributed by atoms with Crippen molar-refractivity contribution in [3.8, 4) is 0 Å². The first-order valence-electron chi connectivity index (χ1n) is 4.86. The number of amides is 1. The van der Waals surface area contributed by atoms with Crippen molar-refractivity contribution in [2.45, 2.75) is 13.3 Å². The molecular formula is C9H18N2O2. The molecule has 1 aliphatic heterocycles. The molecule has 4 nitrogen and oxygen atoms in total. The van der Waals surface area contributed by atoms with E-state index >= 15 is 0 Å². The molecule has 0 radical (unpaired) electrons. The molecule has 1 heterocycles. The lowest BCUT2D eigenvalue weighted by molar-refractivity contribution is -0.134. The molecule has 0 aromatic rings. The van der Waals surface area contributed by atoms with E-state index in [4.69, 9.17) is 5.11 Å². The maximum Gasteiger partial charge on any atom is 0.226 e.